The van der Waals surface area contributed by atoms with E-state index in [2.05, 4.69) is 29.6 Å². The molecule has 0 spiro atoms. The Morgan fingerprint density at radius 3 is 2.57 bits per heavy atom. The highest BCUT2D eigenvalue weighted by Gasteiger charge is 2.26. The van der Waals surface area contributed by atoms with E-state index in [4.69, 9.17) is 11.6 Å². The molecule has 1 nitrogen and oxygen atoms in total. The van der Waals surface area contributed by atoms with Gasteiger partial charge in [-0.25, -0.2) is 0 Å². The number of benzene rings is 1. The summed E-state index contributed by atoms with van der Waals surface area (Å²) in [6.07, 6.45) is 2.37. The number of nitrogens with one attached hydrogen (secondary N) is 1. The van der Waals surface area contributed by atoms with Crippen LogP contribution in [0.5, 0.6) is 0 Å². The third-order valence-electron chi connectivity index (χ3n) is 2.78. The topological polar surface area (TPSA) is 12.0 Å². The van der Waals surface area contributed by atoms with E-state index < -0.39 is 0 Å². The van der Waals surface area contributed by atoms with E-state index >= 15 is 0 Å². The summed E-state index contributed by atoms with van der Waals surface area (Å²) in [5, 5.41) is 3.91. The summed E-state index contributed by atoms with van der Waals surface area (Å²) in [4.78, 5) is 0. The molecule has 2 rings (SSSR count). The van der Waals surface area contributed by atoms with Crippen molar-refractivity contribution >= 4 is 11.6 Å². The van der Waals surface area contributed by atoms with Crippen molar-refractivity contribution in [3.8, 4) is 0 Å². The quantitative estimate of drug-likeness (QED) is 0.753. The first-order valence-electron chi connectivity index (χ1n) is 5.23. The van der Waals surface area contributed by atoms with Crippen LogP contribution >= 0.6 is 11.6 Å². The Morgan fingerprint density at radius 2 is 1.93 bits per heavy atom. The van der Waals surface area contributed by atoms with Crippen LogP contribution < -0.4 is 5.32 Å². The molecule has 1 aromatic carbocycles. The van der Waals surface area contributed by atoms with Gasteiger partial charge in [-0.05, 0) is 30.9 Å². The van der Waals surface area contributed by atoms with Gasteiger partial charge in [-0.15, -0.1) is 11.6 Å². The van der Waals surface area contributed by atoms with Gasteiger partial charge in [-0.3, -0.25) is 0 Å². The van der Waals surface area contributed by atoms with Crippen molar-refractivity contribution in [3.05, 3.63) is 35.9 Å². The lowest BCUT2D eigenvalue weighted by molar-refractivity contribution is 0.308. The Hall–Kier alpha value is -0.530. The maximum absolute atomic E-state index is 5.91. The summed E-state index contributed by atoms with van der Waals surface area (Å²) in [5.74, 6) is 0.807. The molecule has 1 saturated carbocycles. The smallest absolute Gasteiger partial charge is 0.0342 e. The van der Waals surface area contributed by atoms with E-state index in [9.17, 15) is 0 Å². The Kier molecular flexibility index (Phi) is 3.44. The second-order valence-electron chi connectivity index (χ2n) is 4.05. The lowest BCUT2D eigenvalue weighted by atomic mass is 9.85. The second-order valence-corrected chi connectivity index (χ2v) is 4.67. The van der Waals surface area contributed by atoms with Gasteiger partial charge in [0.25, 0.3) is 0 Å². The fourth-order valence-corrected chi connectivity index (χ4v) is 2.34. The van der Waals surface area contributed by atoms with E-state index in [-0.39, 0.29) is 0 Å². The van der Waals surface area contributed by atoms with Gasteiger partial charge in [0.05, 0.1) is 0 Å². The molecule has 76 valence electrons. The van der Waals surface area contributed by atoms with E-state index in [0.29, 0.717) is 5.38 Å². The third kappa shape index (κ3) is 2.73. The predicted molar refractivity (Wildman–Crippen MR) is 60.5 cm³/mol. The van der Waals surface area contributed by atoms with Crippen LogP contribution in [0.2, 0.25) is 0 Å². The first kappa shape index (κ1) is 10.0. The second kappa shape index (κ2) is 4.81. The van der Waals surface area contributed by atoms with Gasteiger partial charge in [0.1, 0.15) is 0 Å². The fraction of sp³-hybridized carbons (Fsp3) is 0.500. The summed E-state index contributed by atoms with van der Waals surface area (Å²) in [5.41, 5.74) is 1.36. The van der Waals surface area contributed by atoms with Crippen LogP contribution in [0.25, 0.3) is 0 Å². The minimum absolute atomic E-state index is 0.443. The molecule has 2 heteroatoms. The van der Waals surface area contributed by atoms with E-state index in [0.717, 1.165) is 19.0 Å². The van der Waals surface area contributed by atoms with Gasteiger partial charge in [0.15, 0.2) is 0 Å². The SMILES string of the molecule is ClC1CC(CNCc2ccccc2)C1. The van der Waals surface area contributed by atoms with E-state index in [1.165, 1.54) is 18.4 Å². The van der Waals surface area contributed by atoms with Crippen molar-refractivity contribution in [1.82, 2.24) is 5.32 Å². The highest BCUT2D eigenvalue weighted by Crippen LogP contribution is 2.31. The maximum Gasteiger partial charge on any atom is 0.0342 e. The molecule has 14 heavy (non-hydrogen) atoms. The molecule has 0 aliphatic heterocycles. The molecule has 0 heterocycles. The third-order valence-corrected chi connectivity index (χ3v) is 3.14. The molecule has 1 aromatic rings. The summed E-state index contributed by atoms with van der Waals surface area (Å²) in [6, 6.07) is 10.5. The summed E-state index contributed by atoms with van der Waals surface area (Å²) >= 11 is 5.91. The van der Waals surface area contributed by atoms with Crippen molar-refractivity contribution in [3.63, 3.8) is 0 Å². The minimum Gasteiger partial charge on any atom is -0.312 e. The van der Waals surface area contributed by atoms with Gasteiger partial charge < -0.3 is 5.32 Å². The van der Waals surface area contributed by atoms with Gasteiger partial charge in [0.2, 0.25) is 0 Å². The molecular formula is C12H16ClN. The first-order valence-corrected chi connectivity index (χ1v) is 5.67. The molecule has 1 N–H and O–H groups in total. The van der Waals surface area contributed by atoms with Crippen LogP contribution in [0, 0.1) is 5.92 Å². The van der Waals surface area contributed by atoms with E-state index in [1.54, 1.807) is 0 Å². The molecule has 1 aliphatic carbocycles. The van der Waals surface area contributed by atoms with Gasteiger partial charge in [-0.2, -0.15) is 0 Å². The number of alkyl halides is 1. The number of hydrogen-bond acceptors (Lipinski definition) is 1. The van der Waals surface area contributed by atoms with Gasteiger partial charge >= 0.3 is 0 Å². The Morgan fingerprint density at radius 1 is 1.21 bits per heavy atom. The Labute approximate surface area is 90.5 Å². The standard InChI is InChI=1S/C12H16ClN/c13-12-6-11(7-12)9-14-8-10-4-2-1-3-5-10/h1-5,11-12,14H,6-9H2. The average Bonchev–Trinajstić information content (AvgIpc) is 2.17. The van der Waals surface area contributed by atoms with Crippen molar-refractivity contribution in [2.24, 2.45) is 5.92 Å². The zero-order valence-electron chi connectivity index (χ0n) is 8.25. The monoisotopic (exact) mass is 209 g/mol. The van der Waals surface area contributed by atoms with Gasteiger partial charge in [-0.1, -0.05) is 30.3 Å². The van der Waals surface area contributed by atoms with Crippen molar-refractivity contribution < 1.29 is 0 Å². The summed E-state index contributed by atoms with van der Waals surface area (Å²) in [7, 11) is 0. The molecule has 0 unspecified atom stereocenters. The van der Waals surface area contributed by atoms with Gasteiger partial charge in [0, 0.05) is 11.9 Å². The molecule has 0 radical (unpaired) electrons. The molecule has 0 saturated heterocycles. The van der Waals surface area contributed by atoms with Crippen molar-refractivity contribution in [2.75, 3.05) is 6.54 Å². The fourth-order valence-electron chi connectivity index (χ4n) is 1.84. The predicted octanol–water partition coefficient (Wildman–Crippen LogP) is 2.79. The zero-order valence-corrected chi connectivity index (χ0v) is 9.00. The highest BCUT2D eigenvalue weighted by molar-refractivity contribution is 6.21. The zero-order chi connectivity index (χ0) is 9.80. The lowest BCUT2D eigenvalue weighted by Crippen LogP contribution is -2.33. The molecule has 0 amide bonds. The van der Waals surface area contributed by atoms with Crippen LogP contribution in [0.4, 0.5) is 0 Å². The van der Waals surface area contributed by atoms with E-state index in [1.807, 2.05) is 6.07 Å². The molecule has 0 aromatic heterocycles. The molecular weight excluding hydrogens is 194 g/mol. The lowest BCUT2D eigenvalue weighted by Gasteiger charge is -2.30. The average molecular weight is 210 g/mol. The van der Waals surface area contributed by atoms with Crippen LogP contribution in [-0.4, -0.2) is 11.9 Å². The molecule has 0 atom stereocenters. The van der Waals surface area contributed by atoms with Crippen LogP contribution in [0.15, 0.2) is 30.3 Å². The largest absolute Gasteiger partial charge is 0.312 e. The first-order chi connectivity index (χ1) is 6.84. The molecule has 1 fully saturated rings. The van der Waals surface area contributed by atoms with Crippen molar-refractivity contribution in [1.29, 1.82) is 0 Å². The van der Waals surface area contributed by atoms with Crippen molar-refractivity contribution in [2.45, 2.75) is 24.8 Å². The van der Waals surface area contributed by atoms with Crippen LogP contribution in [0.3, 0.4) is 0 Å². The number of hydrogen-bond donors (Lipinski definition) is 1. The normalized spacial score (nSPS) is 25.8. The number of rotatable bonds is 4. The summed E-state index contributed by atoms with van der Waals surface area (Å²) in [6.45, 7) is 2.09. The maximum atomic E-state index is 5.91. The summed E-state index contributed by atoms with van der Waals surface area (Å²) < 4.78 is 0. The van der Waals surface area contributed by atoms with Crippen LogP contribution in [-0.2, 0) is 6.54 Å². The Bertz CT molecular complexity index is 267. The molecule has 1 aliphatic rings. The number of halogens is 1. The Balaban J connectivity index is 1.64. The highest BCUT2D eigenvalue weighted by atomic mass is 35.5. The minimum atomic E-state index is 0.443. The van der Waals surface area contributed by atoms with Crippen LogP contribution in [0.1, 0.15) is 18.4 Å². The molecule has 0 bridgehead atoms.